The molecule has 0 bridgehead atoms. The Labute approximate surface area is 230 Å². The van der Waals surface area contributed by atoms with Crippen LogP contribution in [0, 0.1) is 0 Å². The maximum absolute atomic E-state index is 14.2. The molecule has 5 rings (SSSR count). The number of benzene rings is 2. The van der Waals surface area contributed by atoms with Gasteiger partial charge in [-0.05, 0) is 42.7 Å². The van der Waals surface area contributed by atoms with Crippen molar-refractivity contribution in [1.82, 2.24) is 15.1 Å². The number of hydrogen-bond acceptors (Lipinski definition) is 7. The van der Waals surface area contributed by atoms with Gasteiger partial charge in [-0.3, -0.25) is 14.5 Å². The second-order valence-electron chi connectivity index (χ2n) is 10.4. The number of methoxy groups -OCH3 is 1. The van der Waals surface area contributed by atoms with Crippen LogP contribution in [-0.4, -0.2) is 86.9 Å². The molecule has 1 saturated carbocycles. The summed E-state index contributed by atoms with van der Waals surface area (Å²) in [7, 11) is 1.61. The number of para-hydroxylation sites is 2. The van der Waals surface area contributed by atoms with Crippen LogP contribution in [0.5, 0.6) is 17.2 Å². The van der Waals surface area contributed by atoms with E-state index in [0.717, 1.165) is 44.3 Å². The maximum Gasteiger partial charge on any atom is 0.268 e. The quantitative estimate of drug-likeness (QED) is 0.526. The number of hydrogen-bond donors (Lipinski definition) is 1. The summed E-state index contributed by atoms with van der Waals surface area (Å²) in [4.78, 5) is 32.1. The minimum atomic E-state index is -0.854. The Balaban J connectivity index is 1.44. The van der Waals surface area contributed by atoms with Crippen LogP contribution in [0.2, 0.25) is 0 Å². The van der Waals surface area contributed by atoms with Gasteiger partial charge < -0.3 is 29.2 Å². The molecule has 1 aliphatic carbocycles. The van der Waals surface area contributed by atoms with Gasteiger partial charge in [-0.2, -0.15) is 0 Å². The first kappa shape index (κ1) is 27.3. The highest BCUT2D eigenvalue weighted by Gasteiger charge is 2.39. The lowest BCUT2D eigenvalue weighted by Crippen LogP contribution is -2.54. The normalized spacial score (nSPS) is 20.6. The standard InChI is InChI=1S/C30H39N3O6/c1-36-24-13-11-22(12-14-24)28(29(34)31-23-7-3-2-4-8-23)33(16-15-32-17-19-37-20-18-32)30(35)27-21-38-25-9-5-6-10-26(25)39-27/h5-6,9-14,23,27-28H,2-4,7-8,15-21H2,1H3,(H,31,34)/t27-,28-/m1/s1. The van der Waals surface area contributed by atoms with Crippen molar-refractivity contribution < 1.29 is 28.5 Å². The molecule has 2 aromatic rings. The van der Waals surface area contributed by atoms with Gasteiger partial charge >= 0.3 is 0 Å². The molecule has 3 aliphatic rings. The van der Waals surface area contributed by atoms with E-state index in [9.17, 15) is 9.59 Å². The van der Waals surface area contributed by atoms with E-state index in [-0.39, 0.29) is 24.5 Å². The first-order chi connectivity index (χ1) is 19.1. The van der Waals surface area contributed by atoms with Crippen LogP contribution < -0.4 is 19.5 Å². The minimum Gasteiger partial charge on any atom is -0.497 e. The van der Waals surface area contributed by atoms with E-state index in [0.29, 0.717) is 43.6 Å². The molecule has 2 fully saturated rings. The number of rotatable bonds is 9. The molecular formula is C30H39N3O6. The molecule has 1 saturated heterocycles. The third-order valence-electron chi connectivity index (χ3n) is 7.77. The highest BCUT2D eigenvalue weighted by Crippen LogP contribution is 2.33. The summed E-state index contributed by atoms with van der Waals surface area (Å²) in [5.74, 6) is 1.40. The van der Waals surface area contributed by atoms with Gasteiger partial charge in [-0.25, -0.2) is 0 Å². The summed E-state index contributed by atoms with van der Waals surface area (Å²) in [5.41, 5.74) is 0.733. The number of carbonyl (C=O) groups is 2. The van der Waals surface area contributed by atoms with Gasteiger partial charge in [-0.15, -0.1) is 0 Å². The molecule has 0 radical (unpaired) electrons. The monoisotopic (exact) mass is 537 g/mol. The van der Waals surface area contributed by atoms with Gasteiger partial charge in [0, 0.05) is 32.2 Å². The number of nitrogens with one attached hydrogen (secondary N) is 1. The lowest BCUT2D eigenvalue weighted by molar-refractivity contribution is -0.149. The largest absolute Gasteiger partial charge is 0.497 e. The zero-order chi connectivity index (χ0) is 27.0. The van der Waals surface area contributed by atoms with Crippen LogP contribution in [0.25, 0.3) is 0 Å². The number of ether oxygens (including phenoxy) is 4. The zero-order valence-corrected chi connectivity index (χ0v) is 22.7. The fourth-order valence-corrected chi connectivity index (χ4v) is 5.55. The third kappa shape index (κ3) is 6.83. The Bertz CT molecular complexity index is 1100. The lowest BCUT2D eigenvalue weighted by Gasteiger charge is -2.38. The van der Waals surface area contributed by atoms with E-state index >= 15 is 0 Å². The topological polar surface area (TPSA) is 89.6 Å². The molecule has 9 nitrogen and oxygen atoms in total. The SMILES string of the molecule is COc1ccc([C@H](C(=O)NC2CCCCC2)N(CCN2CCOCC2)C(=O)[C@H]2COc3ccccc3O2)cc1. The summed E-state index contributed by atoms with van der Waals surface area (Å²) in [6, 6.07) is 14.0. The molecule has 2 atom stereocenters. The second-order valence-corrected chi connectivity index (χ2v) is 10.4. The van der Waals surface area contributed by atoms with Crippen molar-refractivity contribution in [3.05, 3.63) is 54.1 Å². The Kier molecular flexibility index (Phi) is 9.21. The van der Waals surface area contributed by atoms with Crippen LogP contribution in [0.15, 0.2) is 48.5 Å². The summed E-state index contributed by atoms with van der Waals surface area (Å²) in [6.45, 7) is 3.99. The second kappa shape index (κ2) is 13.2. The van der Waals surface area contributed by atoms with Gasteiger partial charge in [0.25, 0.3) is 5.91 Å². The van der Waals surface area contributed by atoms with Crippen molar-refractivity contribution in [1.29, 1.82) is 0 Å². The fourth-order valence-electron chi connectivity index (χ4n) is 5.55. The summed E-state index contributed by atoms with van der Waals surface area (Å²) in [5, 5.41) is 3.27. The molecule has 210 valence electrons. The van der Waals surface area contributed by atoms with Crippen LogP contribution in [-0.2, 0) is 14.3 Å². The van der Waals surface area contributed by atoms with E-state index < -0.39 is 12.1 Å². The van der Waals surface area contributed by atoms with Gasteiger partial charge in [0.15, 0.2) is 11.5 Å². The smallest absolute Gasteiger partial charge is 0.268 e. The maximum atomic E-state index is 14.2. The Hall–Kier alpha value is -3.30. The van der Waals surface area contributed by atoms with Gasteiger partial charge in [-0.1, -0.05) is 43.5 Å². The van der Waals surface area contributed by atoms with Crippen LogP contribution in [0.4, 0.5) is 0 Å². The van der Waals surface area contributed by atoms with Gasteiger partial charge in [0.05, 0.1) is 20.3 Å². The number of nitrogens with zero attached hydrogens (tertiary/aromatic N) is 2. The van der Waals surface area contributed by atoms with E-state index in [1.54, 1.807) is 18.1 Å². The van der Waals surface area contributed by atoms with E-state index in [4.69, 9.17) is 18.9 Å². The average molecular weight is 538 g/mol. The van der Waals surface area contributed by atoms with Crippen molar-refractivity contribution in [2.24, 2.45) is 0 Å². The number of carbonyl (C=O) groups excluding carboxylic acids is 2. The number of fused-ring (bicyclic) bond motifs is 1. The van der Waals surface area contributed by atoms with Crippen LogP contribution >= 0.6 is 0 Å². The summed E-state index contributed by atoms with van der Waals surface area (Å²) in [6.07, 6.45) is 4.46. The fraction of sp³-hybridized carbons (Fsp3) is 0.533. The van der Waals surface area contributed by atoms with E-state index in [2.05, 4.69) is 10.2 Å². The molecule has 0 unspecified atom stereocenters. The molecule has 39 heavy (non-hydrogen) atoms. The van der Waals surface area contributed by atoms with Gasteiger partial charge in [0.1, 0.15) is 18.4 Å². The predicted molar refractivity (Wildman–Crippen MR) is 146 cm³/mol. The summed E-state index contributed by atoms with van der Waals surface area (Å²) >= 11 is 0. The lowest BCUT2D eigenvalue weighted by atomic mass is 9.94. The molecule has 9 heteroatoms. The molecular weight excluding hydrogens is 498 g/mol. The highest BCUT2D eigenvalue weighted by molar-refractivity contribution is 5.91. The van der Waals surface area contributed by atoms with Crippen molar-refractivity contribution in [3.8, 4) is 17.2 Å². The van der Waals surface area contributed by atoms with Crippen molar-refractivity contribution in [2.45, 2.75) is 50.3 Å². The molecule has 0 spiro atoms. The molecule has 2 aromatic carbocycles. The van der Waals surface area contributed by atoms with Crippen molar-refractivity contribution in [2.75, 3.05) is 53.1 Å². The van der Waals surface area contributed by atoms with Crippen LogP contribution in [0.1, 0.15) is 43.7 Å². The highest BCUT2D eigenvalue weighted by atomic mass is 16.6. The summed E-state index contributed by atoms with van der Waals surface area (Å²) < 4.78 is 22.9. The molecule has 2 aliphatic heterocycles. The predicted octanol–water partition coefficient (Wildman–Crippen LogP) is 3.19. The zero-order valence-electron chi connectivity index (χ0n) is 22.7. The average Bonchev–Trinajstić information content (AvgIpc) is 2.99. The molecule has 1 N–H and O–H groups in total. The first-order valence-corrected chi connectivity index (χ1v) is 14.1. The van der Waals surface area contributed by atoms with E-state index in [1.807, 2.05) is 42.5 Å². The number of amides is 2. The van der Waals surface area contributed by atoms with Gasteiger partial charge in [0.2, 0.25) is 12.0 Å². The minimum absolute atomic E-state index is 0.0868. The Morgan fingerprint density at radius 1 is 1.03 bits per heavy atom. The van der Waals surface area contributed by atoms with Crippen molar-refractivity contribution in [3.63, 3.8) is 0 Å². The number of morpholine rings is 1. The first-order valence-electron chi connectivity index (χ1n) is 14.1. The molecule has 2 heterocycles. The molecule has 2 amide bonds. The van der Waals surface area contributed by atoms with E-state index in [1.165, 1.54) is 6.42 Å². The van der Waals surface area contributed by atoms with Crippen molar-refractivity contribution >= 4 is 11.8 Å². The van der Waals surface area contributed by atoms with Crippen LogP contribution in [0.3, 0.4) is 0 Å². The Morgan fingerprint density at radius 3 is 2.46 bits per heavy atom. The molecule has 0 aromatic heterocycles. The third-order valence-corrected chi connectivity index (χ3v) is 7.77. The Morgan fingerprint density at radius 2 is 1.74 bits per heavy atom.